The van der Waals surface area contributed by atoms with Gasteiger partial charge in [-0.3, -0.25) is 4.79 Å². The summed E-state index contributed by atoms with van der Waals surface area (Å²) in [6.45, 7) is 4.39. The highest BCUT2D eigenvalue weighted by molar-refractivity contribution is 5.77. The van der Waals surface area contributed by atoms with Crippen LogP contribution in [-0.2, 0) is 0 Å². The summed E-state index contributed by atoms with van der Waals surface area (Å²) in [6, 6.07) is 0. The van der Waals surface area contributed by atoms with Crippen LogP contribution in [0.15, 0.2) is 6.20 Å². The molecule has 2 aliphatic rings. The lowest BCUT2D eigenvalue weighted by atomic mass is 10.1. The lowest BCUT2D eigenvalue weighted by Gasteiger charge is -1.97. The Hall–Kier alpha value is -1.55. The predicted molar refractivity (Wildman–Crippen MR) is 67.2 cm³/mol. The molecule has 1 aromatic rings. The number of aliphatic hydroxyl groups is 1. The highest BCUT2D eigenvalue weighted by Gasteiger charge is 2.15. The Morgan fingerprint density at radius 3 is 2.65 bits per heavy atom. The van der Waals surface area contributed by atoms with Crippen LogP contribution in [0.3, 0.4) is 0 Å². The van der Waals surface area contributed by atoms with Gasteiger partial charge in [-0.2, -0.15) is 0 Å². The molecule has 0 amide bonds. The molecule has 92 valence electrons. The van der Waals surface area contributed by atoms with Crippen molar-refractivity contribution in [2.45, 2.75) is 19.8 Å². The first-order chi connectivity index (χ1) is 8.24. The van der Waals surface area contributed by atoms with Gasteiger partial charge in [0.2, 0.25) is 0 Å². The van der Waals surface area contributed by atoms with Gasteiger partial charge in [-0.25, -0.2) is 0 Å². The first-order valence-electron chi connectivity index (χ1n) is 6.02. The SMILES string of the molecule is C1CCNC1.CC1C=c2[nH]cc(C=O)c2=C1O. The summed E-state index contributed by atoms with van der Waals surface area (Å²) >= 11 is 0. The summed E-state index contributed by atoms with van der Waals surface area (Å²) in [5.74, 6) is 0.305. The van der Waals surface area contributed by atoms with Gasteiger partial charge in [-0.05, 0) is 32.0 Å². The molecule has 3 rings (SSSR count). The van der Waals surface area contributed by atoms with Gasteiger partial charge in [-0.15, -0.1) is 0 Å². The van der Waals surface area contributed by atoms with E-state index in [2.05, 4.69) is 10.3 Å². The number of carbonyl (C=O) groups excluding carboxylic acids is 1. The molecule has 1 aliphatic carbocycles. The minimum absolute atomic E-state index is 0.0196. The smallest absolute Gasteiger partial charge is 0.152 e. The number of nitrogens with one attached hydrogen (secondary N) is 2. The molecular formula is C13H18N2O2. The van der Waals surface area contributed by atoms with E-state index < -0.39 is 0 Å². The van der Waals surface area contributed by atoms with E-state index in [1.165, 1.54) is 25.9 Å². The van der Waals surface area contributed by atoms with Gasteiger partial charge in [0.05, 0.1) is 0 Å². The summed E-state index contributed by atoms with van der Waals surface area (Å²) in [6.07, 6.45) is 7.03. The van der Waals surface area contributed by atoms with Crippen molar-refractivity contribution in [2.24, 2.45) is 5.92 Å². The fourth-order valence-electron chi connectivity index (χ4n) is 2.15. The normalized spacial score (nSPS) is 21.5. The second kappa shape index (κ2) is 5.19. The Labute approximate surface area is 100 Å². The van der Waals surface area contributed by atoms with E-state index in [1.807, 2.05) is 13.0 Å². The summed E-state index contributed by atoms with van der Waals surface area (Å²) in [4.78, 5) is 13.5. The molecule has 0 spiro atoms. The fraction of sp³-hybridized carbons (Fsp3) is 0.462. The van der Waals surface area contributed by atoms with Crippen molar-refractivity contribution in [3.63, 3.8) is 0 Å². The molecule has 0 radical (unpaired) electrons. The molecule has 2 heterocycles. The van der Waals surface area contributed by atoms with Crippen molar-refractivity contribution in [1.82, 2.24) is 10.3 Å². The van der Waals surface area contributed by atoms with Crippen molar-refractivity contribution in [3.8, 4) is 0 Å². The Morgan fingerprint density at radius 2 is 2.12 bits per heavy atom. The number of carbonyl (C=O) groups is 1. The highest BCUT2D eigenvalue weighted by atomic mass is 16.3. The average Bonchev–Trinajstić information content (AvgIpc) is 3.02. The van der Waals surface area contributed by atoms with Crippen molar-refractivity contribution < 1.29 is 9.90 Å². The van der Waals surface area contributed by atoms with Crippen LogP contribution < -0.4 is 15.9 Å². The molecule has 4 nitrogen and oxygen atoms in total. The third kappa shape index (κ3) is 2.42. The van der Waals surface area contributed by atoms with Crippen LogP contribution in [0.2, 0.25) is 0 Å². The molecule has 1 unspecified atom stereocenters. The number of hydrogen-bond acceptors (Lipinski definition) is 3. The van der Waals surface area contributed by atoms with Crippen molar-refractivity contribution in [3.05, 3.63) is 22.3 Å². The lowest BCUT2D eigenvalue weighted by molar-refractivity contribution is 0.112. The van der Waals surface area contributed by atoms with Gasteiger partial charge in [0.25, 0.3) is 0 Å². The first-order valence-corrected chi connectivity index (χ1v) is 6.02. The number of aliphatic hydroxyl groups excluding tert-OH is 1. The maximum atomic E-state index is 10.5. The van der Waals surface area contributed by atoms with Gasteiger partial charge in [0.15, 0.2) is 6.29 Å². The Kier molecular flexibility index (Phi) is 3.64. The third-order valence-corrected chi connectivity index (χ3v) is 3.13. The van der Waals surface area contributed by atoms with E-state index in [-0.39, 0.29) is 11.7 Å². The number of fused-ring (bicyclic) bond motifs is 1. The Bertz CT molecular complexity index is 504. The fourth-order valence-corrected chi connectivity index (χ4v) is 2.15. The second-order valence-electron chi connectivity index (χ2n) is 4.45. The minimum Gasteiger partial charge on any atom is -0.511 e. The van der Waals surface area contributed by atoms with Gasteiger partial charge in [0, 0.05) is 28.2 Å². The number of hydrogen-bond donors (Lipinski definition) is 3. The zero-order valence-electron chi connectivity index (χ0n) is 9.99. The molecule has 1 fully saturated rings. The average molecular weight is 234 g/mol. The van der Waals surface area contributed by atoms with Crippen LogP contribution in [0, 0.1) is 5.92 Å². The number of aromatic amines is 1. The maximum Gasteiger partial charge on any atom is 0.152 e. The molecular weight excluding hydrogens is 216 g/mol. The quantitative estimate of drug-likeness (QED) is 0.612. The minimum atomic E-state index is 0.0196. The highest BCUT2D eigenvalue weighted by Crippen LogP contribution is 2.10. The number of rotatable bonds is 1. The summed E-state index contributed by atoms with van der Waals surface area (Å²) in [7, 11) is 0. The van der Waals surface area contributed by atoms with Gasteiger partial charge >= 0.3 is 0 Å². The number of aldehydes is 1. The molecule has 17 heavy (non-hydrogen) atoms. The molecule has 1 aromatic heterocycles. The van der Waals surface area contributed by atoms with Crippen LogP contribution >= 0.6 is 0 Å². The van der Waals surface area contributed by atoms with Crippen LogP contribution in [0.1, 0.15) is 30.1 Å². The van der Waals surface area contributed by atoms with Gasteiger partial charge in [-0.1, -0.05) is 6.92 Å². The van der Waals surface area contributed by atoms with E-state index in [0.29, 0.717) is 10.8 Å². The largest absolute Gasteiger partial charge is 0.511 e. The Morgan fingerprint density at radius 1 is 1.41 bits per heavy atom. The maximum absolute atomic E-state index is 10.5. The summed E-state index contributed by atoms with van der Waals surface area (Å²) in [5.41, 5.74) is 0.531. The van der Waals surface area contributed by atoms with Crippen LogP contribution in [0.5, 0.6) is 0 Å². The van der Waals surface area contributed by atoms with Crippen LogP contribution in [0.4, 0.5) is 0 Å². The van der Waals surface area contributed by atoms with Crippen molar-refractivity contribution in [1.29, 1.82) is 0 Å². The molecule has 4 heteroatoms. The standard InChI is InChI=1S/C9H9NO2.C4H9N/c1-5-2-7-8(9(5)12)6(4-11)3-10-7;1-2-4-5-3-1/h2-5,10,12H,1H3;5H,1-4H2. The zero-order valence-corrected chi connectivity index (χ0v) is 9.99. The second-order valence-corrected chi connectivity index (χ2v) is 4.45. The monoisotopic (exact) mass is 234 g/mol. The molecule has 3 N–H and O–H groups in total. The van der Waals surface area contributed by atoms with Crippen molar-refractivity contribution in [2.75, 3.05) is 13.1 Å². The molecule has 0 bridgehead atoms. The van der Waals surface area contributed by atoms with E-state index in [9.17, 15) is 9.90 Å². The molecule has 0 saturated carbocycles. The summed E-state index contributed by atoms with van der Waals surface area (Å²) in [5, 5.41) is 14.3. The van der Waals surface area contributed by atoms with Crippen molar-refractivity contribution >= 4 is 18.1 Å². The van der Waals surface area contributed by atoms with E-state index >= 15 is 0 Å². The van der Waals surface area contributed by atoms with Gasteiger partial charge < -0.3 is 15.4 Å². The number of H-pyrrole nitrogens is 1. The van der Waals surface area contributed by atoms with E-state index in [4.69, 9.17) is 0 Å². The lowest BCUT2D eigenvalue weighted by Crippen LogP contribution is -2.23. The topological polar surface area (TPSA) is 65.1 Å². The van der Waals surface area contributed by atoms with Gasteiger partial charge in [0.1, 0.15) is 5.76 Å². The Balaban J connectivity index is 0.000000181. The first kappa shape index (κ1) is 11.9. The molecule has 1 aliphatic heterocycles. The predicted octanol–water partition coefficient (Wildman–Crippen LogP) is 0.293. The van der Waals surface area contributed by atoms with E-state index in [0.717, 1.165) is 11.6 Å². The molecule has 1 atom stereocenters. The van der Waals surface area contributed by atoms with Crippen LogP contribution in [0.25, 0.3) is 11.8 Å². The number of aromatic nitrogens is 1. The summed E-state index contributed by atoms with van der Waals surface area (Å²) < 4.78 is 0. The zero-order chi connectivity index (χ0) is 12.3. The molecule has 0 aromatic carbocycles. The van der Waals surface area contributed by atoms with Crippen LogP contribution in [-0.4, -0.2) is 29.5 Å². The molecule has 1 saturated heterocycles. The van der Waals surface area contributed by atoms with E-state index in [1.54, 1.807) is 6.20 Å². The third-order valence-electron chi connectivity index (χ3n) is 3.13.